The Morgan fingerprint density at radius 3 is 2.62 bits per heavy atom. The molecule has 2 amide bonds. The van der Waals surface area contributed by atoms with E-state index in [0.717, 1.165) is 41.5 Å². The van der Waals surface area contributed by atoms with Crippen LogP contribution in [0.5, 0.6) is 0 Å². The fourth-order valence-corrected chi connectivity index (χ4v) is 6.99. The lowest BCUT2D eigenvalue weighted by atomic mass is 9.87. The van der Waals surface area contributed by atoms with Gasteiger partial charge in [0.25, 0.3) is 11.8 Å². The van der Waals surface area contributed by atoms with Crippen molar-refractivity contribution < 1.29 is 13.8 Å². The first-order valence-electron chi connectivity index (χ1n) is 13.3. The Bertz CT molecular complexity index is 1640. The van der Waals surface area contributed by atoms with Crippen molar-refractivity contribution in [1.82, 2.24) is 5.32 Å². The molecule has 0 spiro atoms. The number of hydrogen-bond donors (Lipinski definition) is 1. The van der Waals surface area contributed by atoms with Crippen molar-refractivity contribution in [1.29, 1.82) is 0 Å². The monoisotopic (exact) mass is 534 g/mol. The Kier molecular flexibility index (Phi) is 6.65. The average Bonchev–Trinajstić information content (AvgIpc) is 3.04. The summed E-state index contributed by atoms with van der Waals surface area (Å²) >= 11 is 0. The van der Waals surface area contributed by atoms with Gasteiger partial charge in [-0.1, -0.05) is 60.2 Å². The number of amides is 2. The van der Waals surface area contributed by atoms with E-state index in [1.165, 1.54) is 5.56 Å². The van der Waals surface area contributed by atoms with Crippen molar-refractivity contribution in [3.63, 3.8) is 0 Å². The Hall–Kier alpha value is -4.03. The van der Waals surface area contributed by atoms with Gasteiger partial charge in [-0.15, -0.1) is 0 Å². The van der Waals surface area contributed by atoms with E-state index in [0.29, 0.717) is 33.2 Å². The summed E-state index contributed by atoms with van der Waals surface area (Å²) in [5, 5.41) is 3.22. The Morgan fingerprint density at radius 1 is 0.949 bits per heavy atom. The van der Waals surface area contributed by atoms with Crippen LogP contribution in [0, 0.1) is 13.8 Å². The lowest BCUT2D eigenvalue weighted by Gasteiger charge is -2.27. The highest BCUT2D eigenvalue weighted by atomic mass is 32.2. The van der Waals surface area contributed by atoms with Crippen LogP contribution >= 0.6 is 0 Å². The minimum Gasteiger partial charge on any atom is -0.345 e. The highest BCUT2D eigenvalue weighted by molar-refractivity contribution is 7.85. The number of nitrogens with zero attached hydrogens (tertiary/aromatic N) is 1. The largest absolute Gasteiger partial charge is 0.345 e. The van der Waals surface area contributed by atoms with Crippen molar-refractivity contribution in [2.75, 3.05) is 4.90 Å². The zero-order valence-electron chi connectivity index (χ0n) is 22.1. The molecule has 1 aliphatic heterocycles. The van der Waals surface area contributed by atoms with Gasteiger partial charge >= 0.3 is 0 Å². The van der Waals surface area contributed by atoms with Crippen LogP contribution in [0.25, 0.3) is 0 Å². The Morgan fingerprint density at radius 2 is 1.74 bits per heavy atom. The number of benzene rings is 4. The van der Waals surface area contributed by atoms with Gasteiger partial charge < -0.3 is 10.2 Å². The van der Waals surface area contributed by atoms with Gasteiger partial charge in [-0.25, -0.2) is 4.21 Å². The molecule has 2 aliphatic rings. The SMILES string of the molecule is Cc1ccc(C)c(CN2C(=O)c3ccccc3S(=O)c3ccc(C(=O)NC4CCCc5ccccc54)cc32)c1. The van der Waals surface area contributed by atoms with Crippen LogP contribution in [-0.2, 0) is 23.8 Å². The Balaban J connectivity index is 1.41. The molecule has 196 valence electrons. The van der Waals surface area contributed by atoms with Crippen molar-refractivity contribution in [2.24, 2.45) is 0 Å². The van der Waals surface area contributed by atoms with Gasteiger partial charge in [-0.2, -0.15) is 0 Å². The summed E-state index contributed by atoms with van der Waals surface area (Å²) in [7, 11) is -1.57. The van der Waals surface area contributed by atoms with Gasteiger partial charge in [0, 0.05) is 5.56 Å². The molecule has 0 bridgehead atoms. The highest BCUT2D eigenvalue weighted by Crippen LogP contribution is 2.37. The summed E-state index contributed by atoms with van der Waals surface area (Å²) in [5.74, 6) is -0.427. The molecule has 0 radical (unpaired) electrons. The first-order valence-corrected chi connectivity index (χ1v) is 14.5. The second-order valence-electron chi connectivity index (χ2n) is 10.4. The molecule has 1 aliphatic carbocycles. The maximum Gasteiger partial charge on any atom is 0.259 e. The van der Waals surface area contributed by atoms with E-state index in [-0.39, 0.29) is 17.9 Å². The summed E-state index contributed by atoms with van der Waals surface area (Å²) in [4.78, 5) is 30.2. The van der Waals surface area contributed by atoms with Gasteiger partial charge in [0.15, 0.2) is 0 Å². The standard InChI is InChI=1S/C33H30N2O3S/c1-21-14-15-22(2)25(18-21)20-35-29-19-24(32(36)34-28-12-7-9-23-8-3-4-10-26(23)28)16-17-31(29)39(38)30-13-6-5-11-27(30)33(35)37/h3-6,8,10-11,13-19,28H,7,9,12,20H2,1-2H3,(H,34,36). The topological polar surface area (TPSA) is 66.5 Å². The van der Waals surface area contributed by atoms with Crippen molar-refractivity contribution >= 4 is 28.3 Å². The van der Waals surface area contributed by atoms with Crippen LogP contribution in [-0.4, -0.2) is 16.0 Å². The van der Waals surface area contributed by atoms with Crippen molar-refractivity contribution in [3.8, 4) is 0 Å². The molecule has 1 N–H and O–H groups in total. The lowest BCUT2D eigenvalue weighted by molar-refractivity contribution is 0.0930. The zero-order chi connectivity index (χ0) is 27.1. The molecule has 4 aromatic carbocycles. The molecule has 2 unspecified atom stereocenters. The number of aryl methyl sites for hydroxylation is 3. The molecule has 0 saturated heterocycles. The molecule has 39 heavy (non-hydrogen) atoms. The molecule has 0 saturated carbocycles. The quantitative estimate of drug-likeness (QED) is 0.328. The minimum absolute atomic E-state index is 0.0627. The average molecular weight is 535 g/mol. The lowest BCUT2D eigenvalue weighted by Crippen LogP contribution is -2.32. The van der Waals surface area contributed by atoms with E-state index in [4.69, 9.17) is 0 Å². The molecular formula is C33H30N2O3S. The van der Waals surface area contributed by atoms with E-state index in [1.54, 1.807) is 47.4 Å². The fraction of sp³-hybridized carbons (Fsp3) is 0.212. The number of rotatable bonds is 4. The molecule has 5 nitrogen and oxygen atoms in total. The number of nitrogens with one attached hydrogen (secondary N) is 1. The van der Waals surface area contributed by atoms with Crippen molar-refractivity contribution in [3.05, 3.63) is 124 Å². The van der Waals surface area contributed by atoms with Crippen LogP contribution < -0.4 is 10.2 Å². The molecule has 0 aromatic heterocycles. The van der Waals surface area contributed by atoms with E-state index >= 15 is 0 Å². The molecule has 1 heterocycles. The number of anilines is 1. The van der Waals surface area contributed by atoms with Crippen LogP contribution in [0.4, 0.5) is 5.69 Å². The summed E-state index contributed by atoms with van der Waals surface area (Å²) < 4.78 is 13.8. The molecule has 2 atom stereocenters. The van der Waals surface area contributed by atoms with Gasteiger partial charge in [-0.3, -0.25) is 9.59 Å². The van der Waals surface area contributed by atoms with Crippen LogP contribution in [0.1, 0.15) is 67.4 Å². The molecule has 6 rings (SSSR count). The summed E-state index contributed by atoms with van der Waals surface area (Å²) in [6, 6.07) is 26.6. The van der Waals surface area contributed by atoms with E-state index < -0.39 is 10.8 Å². The Labute approximate surface area is 231 Å². The van der Waals surface area contributed by atoms with Gasteiger partial charge in [0.1, 0.15) is 0 Å². The number of carbonyl (C=O) groups is 2. The second-order valence-corrected chi connectivity index (χ2v) is 11.8. The number of fused-ring (bicyclic) bond motifs is 3. The fourth-order valence-electron chi connectivity index (χ4n) is 5.65. The first-order chi connectivity index (χ1) is 18.9. The maximum absolute atomic E-state index is 14.0. The van der Waals surface area contributed by atoms with Gasteiger partial charge in [0.2, 0.25) is 0 Å². The van der Waals surface area contributed by atoms with Crippen molar-refractivity contribution in [2.45, 2.75) is 55.5 Å². The predicted molar refractivity (Wildman–Crippen MR) is 154 cm³/mol. The summed E-state index contributed by atoms with van der Waals surface area (Å²) in [6.07, 6.45) is 2.91. The molecular weight excluding hydrogens is 504 g/mol. The highest BCUT2D eigenvalue weighted by Gasteiger charge is 2.32. The minimum atomic E-state index is -1.57. The molecule has 0 fully saturated rings. The van der Waals surface area contributed by atoms with E-state index in [2.05, 4.69) is 23.5 Å². The number of hydrogen-bond acceptors (Lipinski definition) is 3. The third-order valence-electron chi connectivity index (χ3n) is 7.78. The van der Waals surface area contributed by atoms with Crippen LogP contribution in [0.2, 0.25) is 0 Å². The third-order valence-corrected chi connectivity index (χ3v) is 9.28. The third kappa shape index (κ3) is 4.70. The summed E-state index contributed by atoms with van der Waals surface area (Å²) in [6.45, 7) is 4.36. The van der Waals surface area contributed by atoms with Crippen LogP contribution in [0.3, 0.4) is 0 Å². The molecule has 6 heteroatoms. The normalized spacial score (nSPS) is 18.0. The van der Waals surface area contributed by atoms with Gasteiger partial charge in [-0.05, 0) is 85.7 Å². The van der Waals surface area contributed by atoms with Gasteiger partial charge in [0.05, 0.1) is 44.4 Å². The molecule has 4 aromatic rings. The zero-order valence-corrected chi connectivity index (χ0v) is 22.9. The van der Waals surface area contributed by atoms with E-state index in [1.807, 2.05) is 38.1 Å². The summed E-state index contributed by atoms with van der Waals surface area (Å²) in [5.41, 5.74) is 6.98. The second kappa shape index (κ2) is 10.3. The smallest absolute Gasteiger partial charge is 0.259 e. The predicted octanol–water partition coefficient (Wildman–Crippen LogP) is 6.44. The van der Waals surface area contributed by atoms with E-state index in [9.17, 15) is 13.8 Å². The first kappa shape index (κ1) is 25.3. The number of carbonyl (C=O) groups excluding carboxylic acids is 2. The van der Waals surface area contributed by atoms with Crippen LogP contribution in [0.15, 0.2) is 94.7 Å². The maximum atomic E-state index is 14.0.